The Morgan fingerprint density at radius 3 is 1.20 bits per heavy atom. The van der Waals surface area contributed by atoms with Crippen molar-refractivity contribution in [3.05, 3.63) is 24.3 Å². The average Bonchev–Trinajstić information content (AvgIpc) is 1.96. The molecule has 2 heteroatoms. The topological polar surface area (TPSA) is 0 Å². The molecule has 62 valence electrons. The number of hydrogen-bond acceptors (Lipinski definition) is 0. The van der Waals surface area contributed by atoms with Gasteiger partial charge in [0.25, 0.3) is 0 Å². The van der Waals surface area contributed by atoms with Crippen molar-refractivity contribution in [1.29, 1.82) is 0 Å². The molecule has 0 bridgehead atoms. The maximum atomic E-state index is 2.18. The zero-order valence-corrected chi connectivity index (χ0v) is 8.17. The standard InChI is InChI=1S/C6H8.C2H6.2ClH/c1-2-4-6-5-3-1;1-2;;/h1-4H,5-6H2;1-2H3;2*1H. The van der Waals surface area contributed by atoms with Crippen LogP contribution >= 0.6 is 24.8 Å². The van der Waals surface area contributed by atoms with Crippen LogP contribution in [-0.2, 0) is 0 Å². The lowest BCUT2D eigenvalue weighted by atomic mass is 10.2. The van der Waals surface area contributed by atoms with Gasteiger partial charge >= 0.3 is 0 Å². The molecule has 0 saturated carbocycles. The van der Waals surface area contributed by atoms with Crippen LogP contribution in [0.5, 0.6) is 0 Å². The van der Waals surface area contributed by atoms with Gasteiger partial charge in [-0.15, -0.1) is 24.8 Å². The highest BCUT2D eigenvalue weighted by Crippen LogP contribution is 1.98. The van der Waals surface area contributed by atoms with E-state index < -0.39 is 0 Å². The third-order valence-electron chi connectivity index (χ3n) is 0.883. The summed E-state index contributed by atoms with van der Waals surface area (Å²) in [7, 11) is 0. The Morgan fingerprint density at radius 1 is 0.800 bits per heavy atom. The lowest BCUT2D eigenvalue weighted by molar-refractivity contribution is 1.04. The van der Waals surface area contributed by atoms with Crippen LogP contribution in [0.25, 0.3) is 0 Å². The molecule has 10 heavy (non-hydrogen) atoms. The van der Waals surface area contributed by atoms with E-state index in [0.29, 0.717) is 0 Å². The third kappa shape index (κ3) is 10.9. The van der Waals surface area contributed by atoms with E-state index in [9.17, 15) is 0 Å². The van der Waals surface area contributed by atoms with Crippen molar-refractivity contribution in [2.45, 2.75) is 26.7 Å². The van der Waals surface area contributed by atoms with Crippen LogP contribution < -0.4 is 0 Å². The zero-order valence-electron chi connectivity index (χ0n) is 6.54. The van der Waals surface area contributed by atoms with Gasteiger partial charge in [-0.1, -0.05) is 38.2 Å². The molecule has 0 fully saturated rings. The molecule has 0 saturated heterocycles. The fourth-order valence-electron chi connectivity index (χ4n) is 0.542. The van der Waals surface area contributed by atoms with Crippen molar-refractivity contribution in [2.75, 3.05) is 0 Å². The van der Waals surface area contributed by atoms with Crippen molar-refractivity contribution >= 4 is 24.8 Å². The molecule has 1 aliphatic carbocycles. The van der Waals surface area contributed by atoms with Crippen molar-refractivity contribution in [1.82, 2.24) is 0 Å². The molecule has 0 aromatic heterocycles. The van der Waals surface area contributed by atoms with Gasteiger partial charge in [-0.3, -0.25) is 0 Å². The van der Waals surface area contributed by atoms with E-state index in [2.05, 4.69) is 24.3 Å². The number of allylic oxidation sites excluding steroid dienone is 4. The monoisotopic (exact) mass is 182 g/mol. The van der Waals surface area contributed by atoms with E-state index in [1.807, 2.05) is 13.8 Å². The highest BCUT2D eigenvalue weighted by molar-refractivity contribution is 5.85. The van der Waals surface area contributed by atoms with Gasteiger partial charge in [0.1, 0.15) is 0 Å². The first-order valence-electron chi connectivity index (χ1n) is 3.32. The number of halogens is 2. The Bertz CT molecular complexity index is 73.3. The lowest BCUT2D eigenvalue weighted by Gasteiger charge is -1.88. The van der Waals surface area contributed by atoms with Gasteiger partial charge < -0.3 is 0 Å². The maximum absolute atomic E-state index is 2.18. The Kier molecular flexibility index (Phi) is 26.6. The SMILES string of the molecule is C1=CCCC=C1.CC.Cl.Cl. The minimum atomic E-state index is 0. The normalized spacial score (nSPS) is 11.8. The summed E-state index contributed by atoms with van der Waals surface area (Å²) in [4.78, 5) is 0. The van der Waals surface area contributed by atoms with Gasteiger partial charge in [-0.2, -0.15) is 0 Å². The lowest BCUT2D eigenvalue weighted by Crippen LogP contribution is -1.67. The van der Waals surface area contributed by atoms with E-state index in [1.54, 1.807) is 0 Å². The molecule has 0 aromatic carbocycles. The molecule has 0 heterocycles. The van der Waals surface area contributed by atoms with Crippen LogP contribution in [0.1, 0.15) is 26.7 Å². The van der Waals surface area contributed by atoms with Gasteiger partial charge in [0.15, 0.2) is 0 Å². The molecule has 0 amide bonds. The van der Waals surface area contributed by atoms with E-state index in [1.165, 1.54) is 12.8 Å². The fourth-order valence-corrected chi connectivity index (χ4v) is 0.542. The van der Waals surface area contributed by atoms with Crippen LogP contribution in [0.2, 0.25) is 0 Å². The second-order valence-corrected chi connectivity index (χ2v) is 1.43. The summed E-state index contributed by atoms with van der Waals surface area (Å²) in [5.74, 6) is 0. The van der Waals surface area contributed by atoms with Gasteiger partial charge in [0.2, 0.25) is 0 Å². The molecule has 0 spiro atoms. The molecule has 0 radical (unpaired) electrons. The van der Waals surface area contributed by atoms with E-state index in [0.717, 1.165) is 0 Å². The first kappa shape index (κ1) is 16.6. The summed E-state index contributed by atoms with van der Waals surface area (Å²) in [5.41, 5.74) is 0. The Hall–Kier alpha value is 0.0600. The summed E-state index contributed by atoms with van der Waals surface area (Å²) in [5, 5.41) is 0. The summed E-state index contributed by atoms with van der Waals surface area (Å²) < 4.78 is 0. The fraction of sp³-hybridized carbons (Fsp3) is 0.500. The Balaban J connectivity index is -0.000000114. The summed E-state index contributed by atoms with van der Waals surface area (Å²) >= 11 is 0. The molecule has 0 unspecified atom stereocenters. The van der Waals surface area contributed by atoms with E-state index >= 15 is 0 Å². The van der Waals surface area contributed by atoms with Gasteiger partial charge in [-0.05, 0) is 12.8 Å². The average molecular weight is 183 g/mol. The second-order valence-electron chi connectivity index (χ2n) is 1.43. The van der Waals surface area contributed by atoms with Crippen LogP contribution in [0.15, 0.2) is 24.3 Å². The van der Waals surface area contributed by atoms with E-state index in [4.69, 9.17) is 0 Å². The van der Waals surface area contributed by atoms with Crippen molar-refractivity contribution in [3.8, 4) is 0 Å². The summed E-state index contributed by atoms with van der Waals surface area (Å²) in [6.07, 6.45) is 11.0. The van der Waals surface area contributed by atoms with Crippen LogP contribution in [0.3, 0.4) is 0 Å². The summed E-state index contributed by atoms with van der Waals surface area (Å²) in [6, 6.07) is 0. The molecule has 0 aliphatic heterocycles. The highest BCUT2D eigenvalue weighted by Gasteiger charge is 1.77. The minimum Gasteiger partial charge on any atom is -0.147 e. The molecule has 1 rings (SSSR count). The first-order valence-corrected chi connectivity index (χ1v) is 3.32. The van der Waals surface area contributed by atoms with Gasteiger partial charge in [-0.25, -0.2) is 0 Å². The smallest absolute Gasteiger partial charge is 0.0313 e. The predicted octanol–water partition coefficient (Wildman–Crippen LogP) is 3.76. The molecule has 1 aliphatic rings. The molecular weight excluding hydrogens is 167 g/mol. The van der Waals surface area contributed by atoms with E-state index in [-0.39, 0.29) is 24.8 Å². The van der Waals surface area contributed by atoms with Crippen LogP contribution in [-0.4, -0.2) is 0 Å². The number of rotatable bonds is 0. The Morgan fingerprint density at radius 2 is 1.10 bits per heavy atom. The molecular formula is C8H16Cl2. The predicted molar refractivity (Wildman–Crippen MR) is 53.4 cm³/mol. The highest BCUT2D eigenvalue weighted by atomic mass is 35.5. The maximum Gasteiger partial charge on any atom is -0.0313 e. The minimum absolute atomic E-state index is 0. The molecule has 0 N–H and O–H groups in total. The van der Waals surface area contributed by atoms with Crippen LogP contribution in [0, 0.1) is 0 Å². The van der Waals surface area contributed by atoms with Crippen molar-refractivity contribution in [3.63, 3.8) is 0 Å². The second kappa shape index (κ2) is 16.0. The Labute approximate surface area is 76.2 Å². The number of hydrogen-bond donors (Lipinski definition) is 0. The first-order chi connectivity index (χ1) is 4.00. The van der Waals surface area contributed by atoms with Crippen molar-refractivity contribution in [2.24, 2.45) is 0 Å². The van der Waals surface area contributed by atoms with Crippen LogP contribution in [0.4, 0.5) is 0 Å². The molecule has 0 atom stereocenters. The molecule has 0 aromatic rings. The summed E-state index contributed by atoms with van der Waals surface area (Å²) in [6.45, 7) is 4.00. The zero-order chi connectivity index (χ0) is 6.24. The third-order valence-corrected chi connectivity index (χ3v) is 0.883. The largest absolute Gasteiger partial charge is 0.147 e. The molecule has 0 nitrogen and oxygen atoms in total. The quantitative estimate of drug-likeness (QED) is 0.536. The van der Waals surface area contributed by atoms with Gasteiger partial charge in [0, 0.05) is 0 Å². The van der Waals surface area contributed by atoms with Crippen molar-refractivity contribution < 1.29 is 0 Å². The van der Waals surface area contributed by atoms with Gasteiger partial charge in [0.05, 0.1) is 0 Å².